The quantitative estimate of drug-likeness (QED) is 0.797. The molecule has 19 heavy (non-hydrogen) atoms. The summed E-state index contributed by atoms with van der Waals surface area (Å²) in [6.45, 7) is 11.3. The molecule has 110 valence electrons. The molecular formula is C15H27NO3. The lowest BCUT2D eigenvalue weighted by atomic mass is 9.55. The van der Waals surface area contributed by atoms with Crippen LogP contribution in [0.15, 0.2) is 0 Å². The second-order valence-electron chi connectivity index (χ2n) is 7.36. The molecule has 0 radical (unpaired) electrons. The van der Waals surface area contributed by atoms with Gasteiger partial charge in [0.05, 0.1) is 12.6 Å². The summed E-state index contributed by atoms with van der Waals surface area (Å²) < 4.78 is 11.2. The molecule has 4 nitrogen and oxygen atoms in total. The van der Waals surface area contributed by atoms with Gasteiger partial charge in [0.25, 0.3) is 0 Å². The maximum atomic E-state index is 11.8. The molecule has 0 aromatic carbocycles. The van der Waals surface area contributed by atoms with Crippen LogP contribution in [0.4, 0.5) is 0 Å². The lowest BCUT2D eigenvalue weighted by Gasteiger charge is -2.60. The van der Waals surface area contributed by atoms with Gasteiger partial charge < -0.3 is 14.8 Å². The molecule has 3 atom stereocenters. The Morgan fingerprint density at radius 2 is 2.11 bits per heavy atom. The highest BCUT2D eigenvalue weighted by molar-refractivity contribution is 5.72. The van der Waals surface area contributed by atoms with Crippen molar-refractivity contribution in [3.8, 4) is 0 Å². The van der Waals surface area contributed by atoms with Gasteiger partial charge in [-0.2, -0.15) is 0 Å². The fourth-order valence-electron chi connectivity index (χ4n) is 3.51. The number of hydrogen-bond donors (Lipinski definition) is 1. The first-order valence-electron chi connectivity index (χ1n) is 7.28. The predicted octanol–water partition coefficient (Wildman–Crippen LogP) is 2.12. The van der Waals surface area contributed by atoms with Gasteiger partial charge in [-0.05, 0) is 33.6 Å². The Balaban J connectivity index is 1.84. The summed E-state index contributed by atoms with van der Waals surface area (Å²) in [4.78, 5) is 11.8. The first-order chi connectivity index (χ1) is 8.72. The Morgan fingerprint density at radius 1 is 1.42 bits per heavy atom. The highest BCUT2D eigenvalue weighted by Gasteiger charge is 2.57. The fraction of sp³-hybridized carbons (Fsp3) is 0.933. The van der Waals surface area contributed by atoms with E-state index in [-0.39, 0.29) is 17.9 Å². The van der Waals surface area contributed by atoms with Crippen LogP contribution in [0.3, 0.4) is 0 Å². The predicted molar refractivity (Wildman–Crippen MR) is 73.9 cm³/mol. The SMILES string of the molecule is CC(C)(C)OC(=O)CNC1C2CCCOC2C1(C)C. The van der Waals surface area contributed by atoms with Gasteiger partial charge in [-0.1, -0.05) is 13.8 Å². The Labute approximate surface area is 116 Å². The van der Waals surface area contributed by atoms with Crippen LogP contribution in [0, 0.1) is 11.3 Å². The Kier molecular flexibility index (Phi) is 3.94. The second-order valence-corrected chi connectivity index (χ2v) is 7.36. The summed E-state index contributed by atoms with van der Waals surface area (Å²) in [5.41, 5.74) is -0.308. The van der Waals surface area contributed by atoms with E-state index < -0.39 is 5.60 Å². The van der Waals surface area contributed by atoms with Gasteiger partial charge in [0.2, 0.25) is 0 Å². The number of carbonyl (C=O) groups excluding carboxylic acids is 1. The van der Waals surface area contributed by atoms with Crippen molar-refractivity contribution < 1.29 is 14.3 Å². The Morgan fingerprint density at radius 3 is 2.74 bits per heavy atom. The van der Waals surface area contributed by atoms with Crippen molar-refractivity contribution in [3.63, 3.8) is 0 Å². The number of nitrogens with one attached hydrogen (secondary N) is 1. The molecule has 2 aliphatic rings. The van der Waals surface area contributed by atoms with E-state index in [0.29, 0.717) is 18.1 Å². The Bertz CT molecular complexity index is 346. The van der Waals surface area contributed by atoms with Gasteiger partial charge >= 0.3 is 5.97 Å². The molecular weight excluding hydrogens is 242 g/mol. The molecule has 4 heteroatoms. The molecule has 1 N–H and O–H groups in total. The number of esters is 1. The van der Waals surface area contributed by atoms with Crippen molar-refractivity contribution in [1.29, 1.82) is 0 Å². The zero-order chi connectivity index (χ0) is 14.3. The molecule has 1 saturated heterocycles. The summed E-state index contributed by atoms with van der Waals surface area (Å²) in [6, 6.07) is 0.352. The normalized spacial score (nSPS) is 33.2. The molecule has 0 bridgehead atoms. The van der Waals surface area contributed by atoms with Crippen LogP contribution in [0.2, 0.25) is 0 Å². The highest BCUT2D eigenvalue weighted by atomic mass is 16.6. The molecule has 0 aromatic heterocycles. The van der Waals surface area contributed by atoms with E-state index in [1.54, 1.807) is 0 Å². The highest BCUT2D eigenvalue weighted by Crippen LogP contribution is 2.51. The van der Waals surface area contributed by atoms with Crippen LogP contribution >= 0.6 is 0 Å². The van der Waals surface area contributed by atoms with Crippen LogP contribution in [-0.4, -0.2) is 36.9 Å². The Hall–Kier alpha value is -0.610. The van der Waals surface area contributed by atoms with Crippen molar-refractivity contribution >= 4 is 5.97 Å². The number of fused-ring (bicyclic) bond motifs is 1. The minimum atomic E-state index is -0.412. The first-order valence-corrected chi connectivity index (χ1v) is 7.28. The minimum absolute atomic E-state index is 0.104. The van der Waals surface area contributed by atoms with E-state index in [4.69, 9.17) is 9.47 Å². The van der Waals surface area contributed by atoms with Crippen LogP contribution in [0.25, 0.3) is 0 Å². The molecule has 1 heterocycles. The van der Waals surface area contributed by atoms with Crippen LogP contribution in [0.1, 0.15) is 47.5 Å². The van der Waals surface area contributed by atoms with Crippen LogP contribution < -0.4 is 5.32 Å². The van der Waals surface area contributed by atoms with Crippen LogP contribution in [-0.2, 0) is 14.3 Å². The molecule has 3 unspecified atom stereocenters. The molecule has 2 rings (SSSR count). The van der Waals surface area contributed by atoms with Crippen molar-refractivity contribution in [3.05, 3.63) is 0 Å². The third-order valence-corrected chi connectivity index (χ3v) is 4.22. The average Bonchev–Trinajstić information content (AvgIpc) is 2.26. The van der Waals surface area contributed by atoms with E-state index in [2.05, 4.69) is 19.2 Å². The van der Waals surface area contributed by atoms with Gasteiger partial charge in [0.15, 0.2) is 0 Å². The lowest BCUT2D eigenvalue weighted by molar-refractivity contribution is -0.194. The number of hydrogen-bond acceptors (Lipinski definition) is 4. The average molecular weight is 269 g/mol. The lowest BCUT2D eigenvalue weighted by Crippen LogP contribution is -2.69. The zero-order valence-electron chi connectivity index (χ0n) is 12.8. The molecule has 1 saturated carbocycles. The fourth-order valence-corrected chi connectivity index (χ4v) is 3.51. The summed E-state index contributed by atoms with van der Waals surface area (Å²) >= 11 is 0. The largest absolute Gasteiger partial charge is 0.459 e. The molecule has 0 aromatic rings. The summed E-state index contributed by atoms with van der Waals surface area (Å²) in [5, 5.41) is 3.38. The van der Waals surface area contributed by atoms with Crippen LogP contribution in [0.5, 0.6) is 0 Å². The van der Waals surface area contributed by atoms with E-state index in [1.807, 2.05) is 20.8 Å². The minimum Gasteiger partial charge on any atom is -0.459 e. The van der Waals surface area contributed by atoms with Gasteiger partial charge in [-0.15, -0.1) is 0 Å². The van der Waals surface area contributed by atoms with Crippen molar-refractivity contribution in [1.82, 2.24) is 5.32 Å². The van der Waals surface area contributed by atoms with Crippen molar-refractivity contribution in [2.75, 3.05) is 13.2 Å². The molecule has 0 spiro atoms. The third kappa shape index (κ3) is 3.11. The van der Waals surface area contributed by atoms with E-state index >= 15 is 0 Å². The monoisotopic (exact) mass is 269 g/mol. The number of ether oxygens (including phenoxy) is 2. The summed E-state index contributed by atoms with van der Waals surface area (Å²) in [5.74, 6) is 0.370. The standard InChI is InChI=1S/C15H27NO3/c1-14(2,3)19-11(17)9-16-12-10-7-6-8-18-13(10)15(12,4)5/h10,12-13,16H,6-9H2,1-5H3. The van der Waals surface area contributed by atoms with Crippen molar-refractivity contribution in [2.45, 2.75) is 65.2 Å². The van der Waals surface area contributed by atoms with Crippen molar-refractivity contribution in [2.24, 2.45) is 11.3 Å². The summed E-state index contributed by atoms with van der Waals surface area (Å²) in [6.07, 6.45) is 2.67. The number of rotatable bonds is 3. The molecule has 0 amide bonds. The molecule has 1 aliphatic carbocycles. The summed E-state index contributed by atoms with van der Waals surface area (Å²) in [7, 11) is 0. The smallest absolute Gasteiger partial charge is 0.320 e. The van der Waals surface area contributed by atoms with Gasteiger partial charge in [0.1, 0.15) is 5.60 Å². The zero-order valence-corrected chi connectivity index (χ0v) is 12.8. The van der Waals surface area contributed by atoms with E-state index in [0.717, 1.165) is 13.0 Å². The van der Waals surface area contributed by atoms with Gasteiger partial charge in [-0.25, -0.2) is 0 Å². The van der Waals surface area contributed by atoms with E-state index in [1.165, 1.54) is 6.42 Å². The topological polar surface area (TPSA) is 47.6 Å². The van der Waals surface area contributed by atoms with E-state index in [9.17, 15) is 4.79 Å². The molecule has 1 aliphatic heterocycles. The second kappa shape index (κ2) is 5.06. The maximum absolute atomic E-state index is 11.8. The maximum Gasteiger partial charge on any atom is 0.320 e. The van der Waals surface area contributed by atoms with Gasteiger partial charge in [0, 0.05) is 24.0 Å². The molecule has 2 fully saturated rings. The number of carbonyl (C=O) groups is 1. The van der Waals surface area contributed by atoms with Gasteiger partial charge in [-0.3, -0.25) is 4.79 Å². The first kappa shape index (κ1) is 14.8. The third-order valence-electron chi connectivity index (χ3n) is 4.22.